The van der Waals surface area contributed by atoms with Crippen LogP contribution < -0.4 is 5.32 Å². The van der Waals surface area contributed by atoms with Crippen molar-refractivity contribution < 1.29 is 4.79 Å². The highest BCUT2D eigenvalue weighted by Gasteiger charge is 2.07. The topological polar surface area (TPSA) is 29.1 Å². The van der Waals surface area contributed by atoms with Crippen LogP contribution in [0.4, 0.5) is 0 Å². The minimum atomic E-state index is -0.00840. The Kier molecular flexibility index (Phi) is 4.66. The number of hydrogen-bond donors (Lipinski definition) is 1. The van der Waals surface area contributed by atoms with Crippen LogP contribution in [0.1, 0.15) is 30.1 Å². The molecule has 2 nitrogen and oxygen atoms in total. The number of hydrogen-bond acceptors (Lipinski definition) is 1. The van der Waals surface area contributed by atoms with Crippen LogP contribution in [0.2, 0.25) is 0 Å². The number of benzene rings is 1. The molecule has 1 rings (SSSR count). The average Bonchev–Trinajstić information content (AvgIpc) is 2.18. The molecule has 0 heterocycles. The molecule has 0 spiro atoms. The molecule has 0 radical (unpaired) electrons. The van der Waals surface area contributed by atoms with Crippen molar-refractivity contribution in [3.05, 3.63) is 34.3 Å². The summed E-state index contributed by atoms with van der Waals surface area (Å²) in [4.78, 5) is 11.6. The van der Waals surface area contributed by atoms with Crippen LogP contribution in [0.5, 0.6) is 0 Å². The number of unbranched alkanes of at least 4 members (excludes halogenated alkanes) is 1. The van der Waals surface area contributed by atoms with Gasteiger partial charge in [0.25, 0.3) is 5.91 Å². The molecule has 0 saturated carbocycles. The summed E-state index contributed by atoms with van der Waals surface area (Å²) in [5.41, 5.74) is 0.698. The third-order valence-electron chi connectivity index (χ3n) is 1.93. The molecule has 0 unspecified atom stereocenters. The van der Waals surface area contributed by atoms with Crippen LogP contribution in [0.15, 0.2) is 28.7 Å². The quantitative estimate of drug-likeness (QED) is 0.824. The van der Waals surface area contributed by atoms with Gasteiger partial charge in [0.2, 0.25) is 0 Å². The lowest BCUT2D eigenvalue weighted by Gasteiger charge is -2.05. The van der Waals surface area contributed by atoms with Crippen molar-refractivity contribution >= 4 is 21.8 Å². The molecule has 0 saturated heterocycles. The summed E-state index contributed by atoms with van der Waals surface area (Å²) in [5.74, 6) is -0.00840. The van der Waals surface area contributed by atoms with Gasteiger partial charge in [-0.2, -0.15) is 0 Å². The molecule has 0 fully saturated rings. The van der Waals surface area contributed by atoms with E-state index in [1.807, 2.05) is 24.3 Å². The lowest BCUT2D eigenvalue weighted by molar-refractivity contribution is 0.0952. The van der Waals surface area contributed by atoms with Gasteiger partial charge >= 0.3 is 0 Å². The summed E-state index contributed by atoms with van der Waals surface area (Å²) in [6.45, 7) is 2.85. The zero-order valence-corrected chi connectivity index (χ0v) is 9.80. The van der Waals surface area contributed by atoms with Gasteiger partial charge in [0.05, 0.1) is 5.56 Å². The summed E-state index contributed by atoms with van der Waals surface area (Å²) < 4.78 is 0.842. The van der Waals surface area contributed by atoms with Crippen LogP contribution >= 0.6 is 15.9 Å². The lowest BCUT2D eigenvalue weighted by Crippen LogP contribution is -2.24. The highest BCUT2D eigenvalue weighted by atomic mass is 79.9. The van der Waals surface area contributed by atoms with Crippen molar-refractivity contribution in [2.24, 2.45) is 0 Å². The summed E-state index contributed by atoms with van der Waals surface area (Å²) in [6.07, 6.45) is 2.12. The summed E-state index contributed by atoms with van der Waals surface area (Å²) in [7, 11) is 0. The average molecular weight is 256 g/mol. The first-order chi connectivity index (χ1) is 6.75. The molecule has 76 valence electrons. The van der Waals surface area contributed by atoms with Gasteiger partial charge in [-0.15, -0.1) is 0 Å². The van der Waals surface area contributed by atoms with Crippen LogP contribution in [0.3, 0.4) is 0 Å². The van der Waals surface area contributed by atoms with E-state index in [2.05, 4.69) is 28.2 Å². The predicted octanol–water partition coefficient (Wildman–Crippen LogP) is 2.98. The van der Waals surface area contributed by atoms with Crippen molar-refractivity contribution in [1.29, 1.82) is 0 Å². The Hall–Kier alpha value is -0.830. The molecule has 1 amide bonds. The maximum Gasteiger partial charge on any atom is 0.252 e. The Morgan fingerprint density at radius 1 is 1.43 bits per heavy atom. The SMILES string of the molecule is CCCCNC(=O)c1ccccc1Br. The van der Waals surface area contributed by atoms with Gasteiger partial charge in [-0.3, -0.25) is 4.79 Å². The van der Waals surface area contributed by atoms with E-state index in [0.717, 1.165) is 23.9 Å². The lowest BCUT2D eigenvalue weighted by atomic mass is 10.2. The highest BCUT2D eigenvalue weighted by Crippen LogP contribution is 2.15. The summed E-state index contributed by atoms with van der Waals surface area (Å²) in [6, 6.07) is 7.44. The van der Waals surface area contributed by atoms with E-state index in [1.54, 1.807) is 0 Å². The number of halogens is 1. The molecular weight excluding hydrogens is 242 g/mol. The molecule has 0 aromatic heterocycles. The van der Waals surface area contributed by atoms with Crippen molar-refractivity contribution in [1.82, 2.24) is 5.32 Å². The van der Waals surface area contributed by atoms with Crippen molar-refractivity contribution in [2.75, 3.05) is 6.54 Å². The number of carbonyl (C=O) groups is 1. The molecular formula is C11H14BrNO. The molecule has 0 atom stereocenters. The van der Waals surface area contributed by atoms with Gasteiger partial charge in [-0.05, 0) is 34.5 Å². The summed E-state index contributed by atoms with van der Waals surface area (Å²) >= 11 is 3.35. The third kappa shape index (κ3) is 3.14. The fourth-order valence-electron chi connectivity index (χ4n) is 1.12. The van der Waals surface area contributed by atoms with Crippen molar-refractivity contribution in [3.8, 4) is 0 Å². The first kappa shape index (κ1) is 11.2. The second kappa shape index (κ2) is 5.81. The Morgan fingerprint density at radius 3 is 2.79 bits per heavy atom. The number of amides is 1. The smallest absolute Gasteiger partial charge is 0.252 e. The van der Waals surface area contributed by atoms with Crippen molar-refractivity contribution in [3.63, 3.8) is 0 Å². The largest absolute Gasteiger partial charge is 0.352 e. The molecule has 1 aromatic rings. The van der Waals surface area contributed by atoms with Gasteiger partial charge in [0.15, 0.2) is 0 Å². The van der Waals surface area contributed by atoms with Crippen LogP contribution in [-0.4, -0.2) is 12.5 Å². The van der Waals surface area contributed by atoms with Crippen LogP contribution in [-0.2, 0) is 0 Å². The number of rotatable bonds is 4. The third-order valence-corrected chi connectivity index (χ3v) is 2.63. The Morgan fingerprint density at radius 2 is 2.14 bits per heavy atom. The maximum atomic E-state index is 11.6. The van der Waals surface area contributed by atoms with Crippen molar-refractivity contribution in [2.45, 2.75) is 19.8 Å². The predicted molar refractivity (Wildman–Crippen MR) is 61.4 cm³/mol. The van der Waals surface area contributed by atoms with E-state index >= 15 is 0 Å². The van der Waals surface area contributed by atoms with E-state index < -0.39 is 0 Å². The minimum Gasteiger partial charge on any atom is -0.352 e. The second-order valence-corrected chi connectivity index (χ2v) is 3.94. The van der Waals surface area contributed by atoms with E-state index in [9.17, 15) is 4.79 Å². The van der Waals surface area contributed by atoms with Gasteiger partial charge in [-0.1, -0.05) is 25.5 Å². The van der Waals surface area contributed by atoms with E-state index in [-0.39, 0.29) is 5.91 Å². The fraction of sp³-hybridized carbons (Fsp3) is 0.364. The highest BCUT2D eigenvalue weighted by molar-refractivity contribution is 9.10. The molecule has 0 aliphatic rings. The molecule has 14 heavy (non-hydrogen) atoms. The Bertz CT molecular complexity index is 312. The molecule has 0 aliphatic carbocycles. The Balaban J connectivity index is 2.56. The van der Waals surface area contributed by atoms with Gasteiger partial charge in [0, 0.05) is 11.0 Å². The monoisotopic (exact) mass is 255 g/mol. The number of carbonyl (C=O) groups excluding carboxylic acids is 1. The van der Waals surface area contributed by atoms with Crippen LogP contribution in [0.25, 0.3) is 0 Å². The standard InChI is InChI=1S/C11H14BrNO/c1-2-3-8-13-11(14)9-6-4-5-7-10(9)12/h4-7H,2-3,8H2,1H3,(H,13,14). The van der Waals surface area contributed by atoms with Gasteiger partial charge < -0.3 is 5.32 Å². The fourth-order valence-corrected chi connectivity index (χ4v) is 1.58. The molecule has 3 heteroatoms. The maximum absolute atomic E-state index is 11.6. The normalized spacial score (nSPS) is 9.86. The zero-order chi connectivity index (χ0) is 10.4. The zero-order valence-electron chi connectivity index (χ0n) is 8.22. The molecule has 0 bridgehead atoms. The van der Waals surface area contributed by atoms with Gasteiger partial charge in [0.1, 0.15) is 0 Å². The molecule has 0 aliphatic heterocycles. The first-order valence-corrected chi connectivity index (χ1v) is 5.57. The van der Waals surface area contributed by atoms with E-state index in [4.69, 9.17) is 0 Å². The first-order valence-electron chi connectivity index (χ1n) is 4.78. The minimum absolute atomic E-state index is 0.00840. The second-order valence-electron chi connectivity index (χ2n) is 3.09. The van der Waals surface area contributed by atoms with Crippen LogP contribution in [0, 0.1) is 0 Å². The molecule has 1 aromatic carbocycles. The molecule has 1 N–H and O–H groups in total. The summed E-state index contributed by atoms with van der Waals surface area (Å²) in [5, 5.41) is 2.87. The van der Waals surface area contributed by atoms with E-state index in [0.29, 0.717) is 5.56 Å². The Labute approximate surface area is 92.8 Å². The van der Waals surface area contributed by atoms with Gasteiger partial charge in [-0.25, -0.2) is 0 Å². The van der Waals surface area contributed by atoms with E-state index in [1.165, 1.54) is 0 Å². The number of nitrogens with one attached hydrogen (secondary N) is 1.